The lowest BCUT2D eigenvalue weighted by Gasteiger charge is -2.16. The van der Waals surface area contributed by atoms with Crippen LogP contribution in [-0.4, -0.2) is 31.2 Å². The molecule has 0 spiro atoms. The maximum absolute atomic E-state index is 12.0. The minimum absolute atomic E-state index is 0.214. The number of hydrogen-bond acceptors (Lipinski definition) is 4. The van der Waals surface area contributed by atoms with Gasteiger partial charge in [-0.25, -0.2) is 5.06 Å². The molecule has 0 saturated carbocycles. The van der Waals surface area contributed by atoms with Crippen molar-refractivity contribution >= 4 is 11.6 Å². The van der Waals surface area contributed by atoms with E-state index in [0.717, 1.165) is 6.42 Å². The van der Waals surface area contributed by atoms with E-state index in [-0.39, 0.29) is 5.91 Å². The summed E-state index contributed by atoms with van der Waals surface area (Å²) >= 11 is 0. The Bertz CT molecular complexity index is 400. The van der Waals surface area contributed by atoms with Crippen molar-refractivity contribution in [3.63, 3.8) is 0 Å². The standard InChI is InChI=1S/C11H14N2O3/c1-15-9-5-2-4-8(10(9)12)11(14)13-6-3-7-16-13/h2,4-5H,3,6-7,12H2,1H3. The van der Waals surface area contributed by atoms with Gasteiger partial charge in [0.15, 0.2) is 0 Å². The number of hydroxylamine groups is 2. The van der Waals surface area contributed by atoms with Gasteiger partial charge in [-0.15, -0.1) is 0 Å². The summed E-state index contributed by atoms with van der Waals surface area (Å²) < 4.78 is 5.06. The van der Waals surface area contributed by atoms with Crippen molar-refractivity contribution in [1.29, 1.82) is 0 Å². The Morgan fingerprint density at radius 3 is 3.00 bits per heavy atom. The topological polar surface area (TPSA) is 64.8 Å². The van der Waals surface area contributed by atoms with Crippen LogP contribution in [-0.2, 0) is 4.84 Å². The summed E-state index contributed by atoms with van der Waals surface area (Å²) in [5, 5.41) is 1.34. The number of nitrogens with two attached hydrogens (primary N) is 1. The third kappa shape index (κ3) is 1.81. The highest BCUT2D eigenvalue weighted by atomic mass is 16.7. The molecule has 1 fully saturated rings. The quantitative estimate of drug-likeness (QED) is 0.760. The molecule has 2 rings (SSSR count). The van der Waals surface area contributed by atoms with E-state index in [4.69, 9.17) is 15.3 Å². The highest BCUT2D eigenvalue weighted by Crippen LogP contribution is 2.26. The zero-order valence-electron chi connectivity index (χ0n) is 9.10. The minimum Gasteiger partial charge on any atom is -0.495 e. The molecule has 1 amide bonds. The number of benzene rings is 1. The maximum Gasteiger partial charge on any atom is 0.279 e. The average molecular weight is 222 g/mol. The molecule has 0 bridgehead atoms. The van der Waals surface area contributed by atoms with Crippen LogP contribution < -0.4 is 10.5 Å². The first-order valence-electron chi connectivity index (χ1n) is 5.11. The van der Waals surface area contributed by atoms with Crippen molar-refractivity contribution in [3.8, 4) is 5.75 Å². The van der Waals surface area contributed by atoms with Crippen LogP contribution in [0.15, 0.2) is 18.2 Å². The molecule has 1 aliphatic heterocycles. The molecule has 5 heteroatoms. The Morgan fingerprint density at radius 2 is 2.38 bits per heavy atom. The first-order chi connectivity index (χ1) is 7.74. The molecule has 0 aromatic heterocycles. The molecule has 1 aromatic carbocycles. The van der Waals surface area contributed by atoms with E-state index in [2.05, 4.69) is 0 Å². The molecule has 0 unspecified atom stereocenters. The Hall–Kier alpha value is -1.75. The zero-order valence-corrected chi connectivity index (χ0v) is 9.10. The van der Waals surface area contributed by atoms with Crippen molar-refractivity contribution in [2.75, 3.05) is 26.0 Å². The van der Waals surface area contributed by atoms with Gasteiger partial charge in [0.1, 0.15) is 5.75 Å². The molecule has 1 heterocycles. The van der Waals surface area contributed by atoms with Gasteiger partial charge < -0.3 is 10.5 Å². The third-order valence-corrected chi connectivity index (χ3v) is 2.50. The summed E-state index contributed by atoms with van der Waals surface area (Å²) in [5.74, 6) is 0.291. The normalized spacial score (nSPS) is 15.2. The number of para-hydroxylation sites is 1. The molecule has 1 aliphatic rings. The first kappa shape index (κ1) is 10.8. The lowest BCUT2D eigenvalue weighted by Crippen LogP contribution is -2.27. The van der Waals surface area contributed by atoms with E-state index >= 15 is 0 Å². The molecule has 0 aliphatic carbocycles. The smallest absolute Gasteiger partial charge is 0.279 e. The lowest BCUT2D eigenvalue weighted by molar-refractivity contribution is -0.0767. The van der Waals surface area contributed by atoms with Crippen molar-refractivity contribution < 1.29 is 14.4 Å². The van der Waals surface area contributed by atoms with E-state index in [1.54, 1.807) is 18.2 Å². The summed E-state index contributed by atoms with van der Waals surface area (Å²) in [6, 6.07) is 5.12. The molecule has 0 atom stereocenters. The van der Waals surface area contributed by atoms with E-state index in [1.165, 1.54) is 12.2 Å². The molecule has 16 heavy (non-hydrogen) atoms. The van der Waals surface area contributed by atoms with Gasteiger partial charge in [0.05, 0.1) is 31.5 Å². The second kappa shape index (κ2) is 4.40. The Balaban J connectivity index is 2.29. The molecule has 0 radical (unpaired) electrons. The predicted octanol–water partition coefficient (Wildman–Crippen LogP) is 1.05. The number of rotatable bonds is 2. The summed E-state index contributed by atoms with van der Waals surface area (Å²) in [6.07, 6.45) is 0.857. The summed E-state index contributed by atoms with van der Waals surface area (Å²) in [5.41, 5.74) is 6.60. The van der Waals surface area contributed by atoms with Crippen molar-refractivity contribution in [1.82, 2.24) is 5.06 Å². The van der Waals surface area contributed by atoms with Gasteiger partial charge >= 0.3 is 0 Å². The molecule has 2 N–H and O–H groups in total. The van der Waals surface area contributed by atoms with E-state index in [1.807, 2.05) is 0 Å². The van der Waals surface area contributed by atoms with Crippen LogP contribution >= 0.6 is 0 Å². The number of nitrogens with zero attached hydrogens (tertiary/aromatic N) is 1. The summed E-state index contributed by atoms with van der Waals surface area (Å²) in [6.45, 7) is 1.19. The van der Waals surface area contributed by atoms with E-state index in [9.17, 15) is 4.79 Å². The van der Waals surface area contributed by atoms with Gasteiger partial charge in [0.25, 0.3) is 5.91 Å². The number of carbonyl (C=O) groups excluding carboxylic acids is 1. The zero-order chi connectivity index (χ0) is 11.5. The Kier molecular flexibility index (Phi) is 2.96. The highest BCUT2D eigenvalue weighted by molar-refractivity contribution is 5.99. The van der Waals surface area contributed by atoms with Crippen LogP contribution in [0.3, 0.4) is 0 Å². The van der Waals surface area contributed by atoms with Crippen molar-refractivity contribution in [2.45, 2.75) is 6.42 Å². The van der Waals surface area contributed by atoms with Crippen LogP contribution in [0.5, 0.6) is 5.75 Å². The number of ether oxygens (including phenoxy) is 1. The molecule has 1 saturated heterocycles. The molecular formula is C11H14N2O3. The van der Waals surface area contributed by atoms with Crippen LogP contribution in [0, 0.1) is 0 Å². The number of nitrogen functional groups attached to an aromatic ring is 1. The van der Waals surface area contributed by atoms with Crippen LogP contribution in [0.2, 0.25) is 0 Å². The van der Waals surface area contributed by atoms with Crippen molar-refractivity contribution in [2.24, 2.45) is 0 Å². The Labute approximate surface area is 93.7 Å². The van der Waals surface area contributed by atoms with Gasteiger partial charge in [-0.1, -0.05) is 6.07 Å². The largest absolute Gasteiger partial charge is 0.495 e. The fourth-order valence-electron chi connectivity index (χ4n) is 1.65. The van der Waals surface area contributed by atoms with E-state index < -0.39 is 0 Å². The highest BCUT2D eigenvalue weighted by Gasteiger charge is 2.23. The van der Waals surface area contributed by atoms with Crippen molar-refractivity contribution in [3.05, 3.63) is 23.8 Å². The molecule has 5 nitrogen and oxygen atoms in total. The predicted molar refractivity (Wildman–Crippen MR) is 59.0 cm³/mol. The third-order valence-electron chi connectivity index (χ3n) is 2.50. The fourth-order valence-corrected chi connectivity index (χ4v) is 1.65. The van der Waals surface area contributed by atoms with Gasteiger partial charge in [-0.05, 0) is 18.6 Å². The van der Waals surface area contributed by atoms with Crippen LogP contribution in [0.1, 0.15) is 16.8 Å². The molecular weight excluding hydrogens is 208 g/mol. The second-order valence-electron chi connectivity index (χ2n) is 3.52. The number of anilines is 1. The number of hydrogen-bond donors (Lipinski definition) is 1. The summed E-state index contributed by atoms with van der Waals surface area (Å²) in [4.78, 5) is 17.2. The molecule has 1 aromatic rings. The van der Waals surface area contributed by atoms with Gasteiger partial charge in [-0.3, -0.25) is 9.63 Å². The van der Waals surface area contributed by atoms with Gasteiger partial charge in [-0.2, -0.15) is 0 Å². The number of amides is 1. The fraction of sp³-hybridized carbons (Fsp3) is 0.364. The number of carbonyl (C=O) groups is 1. The summed E-state index contributed by atoms with van der Waals surface area (Å²) in [7, 11) is 1.52. The minimum atomic E-state index is -0.214. The SMILES string of the molecule is COc1cccc(C(=O)N2CCCO2)c1N. The van der Waals surface area contributed by atoms with E-state index in [0.29, 0.717) is 30.2 Å². The average Bonchev–Trinajstić information content (AvgIpc) is 2.82. The van der Waals surface area contributed by atoms with Crippen LogP contribution in [0.25, 0.3) is 0 Å². The van der Waals surface area contributed by atoms with Crippen LogP contribution in [0.4, 0.5) is 5.69 Å². The van der Waals surface area contributed by atoms with Gasteiger partial charge in [0.2, 0.25) is 0 Å². The molecule has 86 valence electrons. The monoisotopic (exact) mass is 222 g/mol. The van der Waals surface area contributed by atoms with Gasteiger partial charge in [0, 0.05) is 0 Å². The first-order valence-corrected chi connectivity index (χ1v) is 5.11. The second-order valence-corrected chi connectivity index (χ2v) is 3.52. The Morgan fingerprint density at radius 1 is 1.56 bits per heavy atom. The lowest BCUT2D eigenvalue weighted by atomic mass is 10.1. The number of methoxy groups -OCH3 is 1. The maximum atomic E-state index is 12.0.